The normalized spacial score (nSPS) is 9.81. The standard InChI is InChI=1S/C11H13NO4/c1-3-4-8-5-9(7-12(14)15)11(13)10(6-8)16-2/h3,5-6,13H,1,4,7H2,2H3. The number of rotatable bonds is 5. The molecule has 1 rings (SSSR count). The summed E-state index contributed by atoms with van der Waals surface area (Å²) in [5, 5.41) is 20.1. The van der Waals surface area contributed by atoms with E-state index in [0.717, 1.165) is 5.56 Å². The molecule has 0 aliphatic rings. The lowest BCUT2D eigenvalue weighted by Crippen LogP contribution is -2.01. The maximum atomic E-state index is 10.4. The smallest absolute Gasteiger partial charge is 0.232 e. The van der Waals surface area contributed by atoms with Crippen LogP contribution in [0.5, 0.6) is 11.5 Å². The number of aromatic hydroxyl groups is 1. The zero-order chi connectivity index (χ0) is 12.1. The van der Waals surface area contributed by atoms with Gasteiger partial charge in [0.15, 0.2) is 11.5 Å². The van der Waals surface area contributed by atoms with Gasteiger partial charge >= 0.3 is 0 Å². The van der Waals surface area contributed by atoms with Gasteiger partial charge in [0.05, 0.1) is 12.7 Å². The summed E-state index contributed by atoms with van der Waals surface area (Å²) >= 11 is 0. The van der Waals surface area contributed by atoms with Gasteiger partial charge in [-0.05, 0) is 24.1 Å². The summed E-state index contributed by atoms with van der Waals surface area (Å²) in [4.78, 5) is 9.93. The topological polar surface area (TPSA) is 72.6 Å². The quantitative estimate of drug-likeness (QED) is 0.470. The van der Waals surface area contributed by atoms with E-state index in [2.05, 4.69) is 6.58 Å². The molecule has 0 heterocycles. The highest BCUT2D eigenvalue weighted by Gasteiger charge is 2.14. The number of benzene rings is 1. The first-order chi connectivity index (χ1) is 7.58. The Morgan fingerprint density at radius 2 is 2.31 bits per heavy atom. The van der Waals surface area contributed by atoms with E-state index < -0.39 is 11.5 Å². The number of methoxy groups -OCH3 is 1. The van der Waals surface area contributed by atoms with Gasteiger partial charge < -0.3 is 9.84 Å². The molecule has 0 bridgehead atoms. The zero-order valence-corrected chi connectivity index (χ0v) is 8.97. The number of phenols is 1. The second-order valence-electron chi connectivity index (χ2n) is 3.29. The number of hydrogen-bond donors (Lipinski definition) is 1. The molecule has 0 unspecified atom stereocenters. The van der Waals surface area contributed by atoms with Crippen LogP contribution in [0.4, 0.5) is 0 Å². The van der Waals surface area contributed by atoms with E-state index in [1.807, 2.05) is 0 Å². The Morgan fingerprint density at radius 1 is 1.62 bits per heavy atom. The fraction of sp³-hybridized carbons (Fsp3) is 0.273. The molecule has 0 fully saturated rings. The summed E-state index contributed by atoms with van der Waals surface area (Å²) in [6, 6.07) is 3.22. The number of ether oxygens (including phenoxy) is 1. The van der Waals surface area contributed by atoms with Gasteiger partial charge in [0, 0.05) is 4.92 Å². The number of allylic oxidation sites excluding steroid dienone is 1. The molecule has 0 spiro atoms. The van der Waals surface area contributed by atoms with E-state index in [1.54, 1.807) is 18.2 Å². The largest absolute Gasteiger partial charge is 0.504 e. The van der Waals surface area contributed by atoms with Crippen LogP contribution in [0.15, 0.2) is 24.8 Å². The maximum Gasteiger partial charge on any atom is 0.232 e. The first kappa shape index (κ1) is 12.0. The molecule has 0 aliphatic heterocycles. The molecule has 0 radical (unpaired) electrons. The second kappa shape index (κ2) is 5.16. The maximum absolute atomic E-state index is 10.4. The highest BCUT2D eigenvalue weighted by molar-refractivity contribution is 5.48. The molecule has 86 valence electrons. The minimum Gasteiger partial charge on any atom is -0.504 e. The fourth-order valence-corrected chi connectivity index (χ4v) is 1.43. The summed E-state index contributed by atoms with van der Waals surface area (Å²) in [7, 11) is 1.41. The van der Waals surface area contributed by atoms with E-state index in [9.17, 15) is 15.2 Å². The number of nitro groups is 1. The van der Waals surface area contributed by atoms with Crippen molar-refractivity contribution in [3.05, 3.63) is 46.0 Å². The van der Waals surface area contributed by atoms with Crippen molar-refractivity contribution in [2.24, 2.45) is 0 Å². The van der Waals surface area contributed by atoms with Crippen LogP contribution in [0.2, 0.25) is 0 Å². The first-order valence-corrected chi connectivity index (χ1v) is 4.70. The molecule has 5 heteroatoms. The third kappa shape index (κ3) is 2.73. The van der Waals surface area contributed by atoms with Crippen LogP contribution in [0, 0.1) is 10.1 Å². The third-order valence-corrected chi connectivity index (χ3v) is 2.11. The van der Waals surface area contributed by atoms with Crippen LogP contribution in [-0.2, 0) is 13.0 Å². The minimum atomic E-state index is -0.494. The van der Waals surface area contributed by atoms with E-state index in [1.165, 1.54) is 7.11 Å². The lowest BCUT2D eigenvalue weighted by molar-refractivity contribution is -0.496. The average Bonchev–Trinajstić information content (AvgIpc) is 2.22. The lowest BCUT2D eigenvalue weighted by atomic mass is 10.1. The number of nitrogens with zero attached hydrogens (tertiary/aromatic N) is 1. The molecular weight excluding hydrogens is 210 g/mol. The van der Waals surface area contributed by atoms with Crippen molar-refractivity contribution in [3.63, 3.8) is 0 Å². The summed E-state index contributed by atoms with van der Waals surface area (Å²) in [6.07, 6.45) is 2.25. The molecule has 0 atom stereocenters. The SMILES string of the molecule is C=CCc1cc(C[N+](=O)[O-])c(O)c(OC)c1. The molecule has 0 saturated carbocycles. The van der Waals surface area contributed by atoms with Gasteiger partial charge in [0.25, 0.3) is 0 Å². The molecule has 1 N–H and O–H groups in total. The van der Waals surface area contributed by atoms with Crippen molar-refractivity contribution >= 4 is 0 Å². The van der Waals surface area contributed by atoms with Crippen LogP contribution in [0.1, 0.15) is 11.1 Å². The van der Waals surface area contributed by atoms with Gasteiger partial charge in [0.1, 0.15) is 0 Å². The van der Waals surface area contributed by atoms with Crippen LogP contribution in [-0.4, -0.2) is 17.1 Å². The Bertz CT molecular complexity index is 415. The highest BCUT2D eigenvalue weighted by Crippen LogP contribution is 2.32. The van der Waals surface area contributed by atoms with Crippen LogP contribution < -0.4 is 4.74 Å². The molecule has 5 nitrogen and oxygen atoms in total. The molecule has 0 aliphatic carbocycles. The van der Waals surface area contributed by atoms with Gasteiger partial charge in [-0.2, -0.15) is 0 Å². The van der Waals surface area contributed by atoms with Gasteiger partial charge in [-0.1, -0.05) is 6.08 Å². The van der Waals surface area contributed by atoms with Crippen molar-refractivity contribution in [3.8, 4) is 11.5 Å². The second-order valence-corrected chi connectivity index (χ2v) is 3.29. The molecule has 0 saturated heterocycles. The Hall–Kier alpha value is -2.04. The summed E-state index contributed by atoms with van der Waals surface area (Å²) < 4.78 is 4.95. The van der Waals surface area contributed by atoms with Crippen molar-refractivity contribution in [2.75, 3.05) is 7.11 Å². The van der Waals surface area contributed by atoms with Gasteiger partial charge in [-0.25, -0.2) is 0 Å². The van der Waals surface area contributed by atoms with Crippen molar-refractivity contribution in [2.45, 2.75) is 13.0 Å². The fourth-order valence-electron chi connectivity index (χ4n) is 1.43. The highest BCUT2D eigenvalue weighted by atomic mass is 16.6. The van der Waals surface area contributed by atoms with Crippen molar-refractivity contribution in [1.29, 1.82) is 0 Å². The Morgan fingerprint density at radius 3 is 2.81 bits per heavy atom. The van der Waals surface area contributed by atoms with Crippen molar-refractivity contribution < 1.29 is 14.8 Å². The number of hydrogen-bond acceptors (Lipinski definition) is 4. The van der Waals surface area contributed by atoms with Crippen molar-refractivity contribution in [1.82, 2.24) is 0 Å². The zero-order valence-electron chi connectivity index (χ0n) is 8.97. The van der Waals surface area contributed by atoms with E-state index in [-0.39, 0.29) is 17.1 Å². The van der Waals surface area contributed by atoms with Gasteiger partial charge in [-0.15, -0.1) is 6.58 Å². The van der Waals surface area contributed by atoms with Gasteiger partial charge in [-0.3, -0.25) is 10.1 Å². The summed E-state index contributed by atoms with van der Waals surface area (Å²) in [5.41, 5.74) is 1.07. The Kier molecular flexibility index (Phi) is 3.88. The average molecular weight is 223 g/mol. The molecule has 1 aromatic carbocycles. The molecular formula is C11H13NO4. The third-order valence-electron chi connectivity index (χ3n) is 2.11. The summed E-state index contributed by atoms with van der Waals surface area (Å²) in [6.45, 7) is 3.16. The van der Waals surface area contributed by atoms with Gasteiger partial charge in [0.2, 0.25) is 6.54 Å². The Labute approximate surface area is 93.1 Å². The van der Waals surface area contributed by atoms with Crippen LogP contribution in [0.25, 0.3) is 0 Å². The van der Waals surface area contributed by atoms with Crippen LogP contribution in [0.3, 0.4) is 0 Å². The number of phenolic OH excluding ortho intramolecular Hbond substituents is 1. The first-order valence-electron chi connectivity index (χ1n) is 4.70. The predicted molar refractivity (Wildman–Crippen MR) is 59.3 cm³/mol. The van der Waals surface area contributed by atoms with E-state index >= 15 is 0 Å². The van der Waals surface area contributed by atoms with Crippen LogP contribution >= 0.6 is 0 Å². The molecule has 0 amide bonds. The molecule has 1 aromatic rings. The minimum absolute atomic E-state index is 0.174. The monoisotopic (exact) mass is 223 g/mol. The van der Waals surface area contributed by atoms with E-state index in [0.29, 0.717) is 6.42 Å². The van der Waals surface area contributed by atoms with E-state index in [4.69, 9.17) is 4.74 Å². The molecule has 0 aromatic heterocycles. The predicted octanol–water partition coefficient (Wildman–Crippen LogP) is 1.91. The lowest BCUT2D eigenvalue weighted by Gasteiger charge is -2.09. The molecule has 16 heavy (non-hydrogen) atoms. The Balaban J connectivity index is 3.17. The summed E-state index contributed by atoms with van der Waals surface area (Å²) in [5.74, 6) is 0.0724.